The summed E-state index contributed by atoms with van der Waals surface area (Å²) in [6.45, 7) is 4.28. The predicted molar refractivity (Wildman–Crippen MR) is 102 cm³/mol. The van der Waals surface area contributed by atoms with Crippen LogP contribution in [0.2, 0.25) is 0 Å². The molecule has 1 aliphatic carbocycles. The van der Waals surface area contributed by atoms with Gasteiger partial charge in [0.25, 0.3) is 0 Å². The van der Waals surface area contributed by atoms with Gasteiger partial charge in [-0.05, 0) is 12.8 Å². The first kappa shape index (κ1) is 24.6. The van der Waals surface area contributed by atoms with Crippen molar-refractivity contribution in [3.8, 4) is 0 Å². The molecule has 1 N–H and O–H groups in total. The number of rotatable bonds is 7. The molecule has 2 rings (SSSR count). The topological polar surface area (TPSA) is 144 Å². The van der Waals surface area contributed by atoms with Crippen LogP contribution < -0.4 is 5.32 Å². The molecule has 0 bridgehead atoms. The van der Waals surface area contributed by atoms with Crippen LogP contribution in [0.15, 0.2) is 0 Å². The number of carbonyl (C=O) groups excluding carboxylic acids is 5. The van der Waals surface area contributed by atoms with Crippen molar-refractivity contribution in [2.24, 2.45) is 5.92 Å². The second kappa shape index (κ2) is 11.1. The average Bonchev–Trinajstić information content (AvgIpc) is 3.18. The predicted octanol–water partition coefficient (Wildman–Crippen LogP) is 0.376. The lowest BCUT2D eigenvalue weighted by molar-refractivity contribution is -0.271. The highest BCUT2D eigenvalue weighted by Crippen LogP contribution is 2.30. The molecular formula is C20H29NO10. The van der Waals surface area contributed by atoms with Gasteiger partial charge in [0, 0.05) is 33.6 Å². The lowest BCUT2D eigenvalue weighted by Crippen LogP contribution is -2.67. The van der Waals surface area contributed by atoms with Gasteiger partial charge < -0.3 is 29.0 Å². The lowest BCUT2D eigenvalue weighted by atomic mass is 9.95. The molecule has 11 nitrogen and oxygen atoms in total. The molecule has 0 aromatic heterocycles. The number of esters is 4. The monoisotopic (exact) mass is 443 g/mol. The van der Waals surface area contributed by atoms with E-state index in [0.717, 1.165) is 33.6 Å². The molecular weight excluding hydrogens is 414 g/mol. The van der Waals surface area contributed by atoms with Crippen LogP contribution in [0.1, 0.15) is 53.4 Å². The van der Waals surface area contributed by atoms with Crippen molar-refractivity contribution >= 4 is 29.8 Å². The molecule has 1 saturated carbocycles. The third kappa shape index (κ3) is 7.20. The van der Waals surface area contributed by atoms with Crippen molar-refractivity contribution in [1.82, 2.24) is 5.32 Å². The number of amides is 1. The van der Waals surface area contributed by atoms with Crippen molar-refractivity contribution in [2.45, 2.75) is 84.0 Å². The quantitative estimate of drug-likeness (QED) is 0.433. The van der Waals surface area contributed by atoms with Crippen LogP contribution in [0.5, 0.6) is 0 Å². The van der Waals surface area contributed by atoms with E-state index in [1.54, 1.807) is 0 Å². The Hall–Kier alpha value is -2.69. The van der Waals surface area contributed by atoms with Crippen LogP contribution in [0, 0.1) is 5.92 Å². The number of hydrogen-bond acceptors (Lipinski definition) is 10. The first-order valence-corrected chi connectivity index (χ1v) is 10.2. The molecule has 2 unspecified atom stereocenters. The van der Waals surface area contributed by atoms with Gasteiger partial charge in [-0.25, -0.2) is 0 Å². The fourth-order valence-electron chi connectivity index (χ4n) is 3.79. The molecule has 2 fully saturated rings. The summed E-state index contributed by atoms with van der Waals surface area (Å²) in [6, 6.07) is -1.14. The summed E-state index contributed by atoms with van der Waals surface area (Å²) >= 11 is 0. The van der Waals surface area contributed by atoms with Gasteiger partial charge in [-0.2, -0.15) is 0 Å². The zero-order chi connectivity index (χ0) is 23.1. The van der Waals surface area contributed by atoms with Gasteiger partial charge in [0.2, 0.25) is 12.2 Å². The highest BCUT2D eigenvalue weighted by Gasteiger charge is 2.52. The minimum absolute atomic E-state index is 0.234. The van der Waals surface area contributed by atoms with E-state index in [2.05, 4.69) is 5.32 Å². The smallest absolute Gasteiger partial charge is 0.305 e. The van der Waals surface area contributed by atoms with E-state index in [9.17, 15) is 24.0 Å². The van der Waals surface area contributed by atoms with Gasteiger partial charge in [0.1, 0.15) is 18.8 Å². The summed E-state index contributed by atoms with van der Waals surface area (Å²) in [7, 11) is 0. The van der Waals surface area contributed by atoms with E-state index in [-0.39, 0.29) is 18.4 Å². The molecule has 11 heteroatoms. The first-order chi connectivity index (χ1) is 14.6. The van der Waals surface area contributed by atoms with Crippen molar-refractivity contribution < 1.29 is 47.7 Å². The minimum atomic E-state index is -1.36. The summed E-state index contributed by atoms with van der Waals surface area (Å²) < 4.78 is 26.6. The molecule has 174 valence electrons. The number of carbonyl (C=O) groups is 5. The maximum atomic E-state index is 12.8. The molecule has 2 aliphatic rings. The van der Waals surface area contributed by atoms with E-state index in [4.69, 9.17) is 23.7 Å². The molecule has 5 atom stereocenters. The van der Waals surface area contributed by atoms with Crippen LogP contribution in [0.3, 0.4) is 0 Å². The average molecular weight is 443 g/mol. The molecule has 1 heterocycles. The van der Waals surface area contributed by atoms with Crippen molar-refractivity contribution in [3.63, 3.8) is 0 Å². The summed E-state index contributed by atoms with van der Waals surface area (Å²) in [5, 5.41) is 2.74. The van der Waals surface area contributed by atoms with E-state index >= 15 is 0 Å². The van der Waals surface area contributed by atoms with Crippen LogP contribution in [0.25, 0.3) is 0 Å². The van der Waals surface area contributed by atoms with E-state index in [1.165, 1.54) is 6.92 Å². The number of nitrogens with one attached hydrogen (secondary N) is 1. The fraction of sp³-hybridized carbons (Fsp3) is 0.750. The Bertz CT molecular complexity index is 702. The summed E-state index contributed by atoms with van der Waals surface area (Å²) in [4.78, 5) is 59.3. The van der Waals surface area contributed by atoms with E-state index in [1.807, 2.05) is 0 Å². The van der Waals surface area contributed by atoms with Gasteiger partial charge in [0.15, 0.2) is 12.2 Å². The Balaban J connectivity index is 2.37. The third-order valence-electron chi connectivity index (χ3n) is 5.02. The van der Waals surface area contributed by atoms with Crippen LogP contribution >= 0.6 is 0 Å². The third-order valence-corrected chi connectivity index (χ3v) is 5.02. The molecule has 0 radical (unpaired) electrons. The highest BCUT2D eigenvalue weighted by atomic mass is 16.7. The molecule has 0 spiro atoms. The van der Waals surface area contributed by atoms with Crippen molar-refractivity contribution in [3.05, 3.63) is 0 Å². The zero-order valence-electron chi connectivity index (χ0n) is 18.1. The Kier molecular flexibility index (Phi) is 8.78. The second-order valence-corrected chi connectivity index (χ2v) is 7.62. The Morgan fingerprint density at radius 2 is 1.35 bits per heavy atom. The largest absolute Gasteiger partial charge is 0.463 e. The highest BCUT2D eigenvalue weighted by molar-refractivity contribution is 5.79. The van der Waals surface area contributed by atoms with Crippen LogP contribution in [-0.4, -0.2) is 67.0 Å². The molecule has 1 aliphatic heterocycles. The summed E-state index contributed by atoms with van der Waals surface area (Å²) in [5.41, 5.74) is 0. The van der Waals surface area contributed by atoms with Crippen LogP contribution in [0.4, 0.5) is 0 Å². The Labute approximate surface area is 180 Å². The summed E-state index contributed by atoms with van der Waals surface area (Å²) in [5.74, 6) is -3.27. The van der Waals surface area contributed by atoms with E-state index in [0.29, 0.717) is 12.8 Å². The van der Waals surface area contributed by atoms with Crippen LogP contribution in [-0.2, 0) is 47.7 Å². The lowest BCUT2D eigenvalue weighted by Gasteiger charge is -2.44. The normalized spacial score (nSPS) is 28.3. The maximum Gasteiger partial charge on any atom is 0.305 e. The minimum Gasteiger partial charge on any atom is -0.463 e. The fourth-order valence-corrected chi connectivity index (χ4v) is 3.79. The molecule has 0 aromatic carbocycles. The Morgan fingerprint density at radius 3 is 1.87 bits per heavy atom. The maximum absolute atomic E-state index is 12.8. The number of ether oxygens (including phenoxy) is 5. The van der Waals surface area contributed by atoms with Crippen molar-refractivity contribution in [1.29, 1.82) is 0 Å². The number of hydrogen-bond donors (Lipinski definition) is 1. The van der Waals surface area contributed by atoms with Gasteiger partial charge in [-0.3, -0.25) is 24.0 Å². The molecule has 1 amide bonds. The Morgan fingerprint density at radius 1 is 0.806 bits per heavy atom. The summed E-state index contributed by atoms with van der Waals surface area (Å²) in [6.07, 6.45) is -1.69. The molecule has 31 heavy (non-hydrogen) atoms. The second-order valence-electron chi connectivity index (χ2n) is 7.62. The van der Waals surface area contributed by atoms with Gasteiger partial charge in [0.05, 0.1) is 0 Å². The first-order valence-electron chi connectivity index (χ1n) is 10.2. The van der Waals surface area contributed by atoms with Gasteiger partial charge in [-0.1, -0.05) is 12.8 Å². The van der Waals surface area contributed by atoms with E-state index < -0.39 is 54.5 Å². The van der Waals surface area contributed by atoms with Crippen molar-refractivity contribution in [2.75, 3.05) is 6.61 Å². The van der Waals surface area contributed by atoms with Gasteiger partial charge >= 0.3 is 23.9 Å². The van der Waals surface area contributed by atoms with Gasteiger partial charge in [-0.15, -0.1) is 0 Å². The standard InChI is InChI=1S/C20H29NO10/c1-10(22)27-9-15-17(28-11(2)23)18(29-12(3)24)16(20(31-15)30-13(4)25)21-19(26)14-7-5-6-8-14/h14-18,20H,5-9H2,1-4H3,(H,21,26)/t15?,16?,17-,18-,20+/m1/s1. The molecule has 1 saturated heterocycles. The zero-order valence-corrected chi connectivity index (χ0v) is 18.1. The SMILES string of the molecule is CC(=O)OCC1O[C@H](OC(C)=O)C(NC(=O)C2CCCC2)[C@@H](OC(C)=O)[C@@H]1OC(C)=O. The molecule has 0 aromatic rings.